The van der Waals surface area contributed by atoms with Gasteiger partial charge in [-0.2, -0.15) is 0 Å². The number of aryl methyl sites for hydroxylation is 1. The van der Waals surface area contributed by atoms with E-state index in [0.717, 1.165) is 0 Å². The van der Waals surface area contributed by atoms with Gasteiger partial charge in [-0.1, -0.05) is 0 Å². The van der Waals surface area contributed by atoms with Crippen LogP contribution in [0.3, 0.4) is 0 Å². The van der Waals surface area contributed by atoms with E-state index in [4.69, 9.17) is 18.9 Å². The van der Waals surface area contributed by atoms with Crippen LogP contribution in [0.1, 0.15) is 37.5 Å². The second kappa shape index (κ2) is 10.7. The van der Waals surface area contributed by atoms with E-state index in [1.807, 2.05) is 0 Å². The average molecular weight is 403 g/mol. The molecule has 1 aromatic heterocycles. The van der Waals surface area contributed by atoms with E-state index in [-0.39, 0.29) is 42.9 Å². The Kier molecular flexibility index (Phi) is 9.69. The number of nitrogens with one attached hydrogen (secondary N) is 1. The molecular weight excluding hydrogens is 379 g/mol. The maximum atomic E-state index is 11.8. The van der Waals surface area contributed by atoms with Gasteiger partial charge in [-0.3, -0.25) is 23.4 Å². The molecule has 2 rings (SSSR count). The highest BCUT2D eigenvalue weighted by Gasteiger charge is 2.30. The van der Waals surface area contributed by atoms with Crippen LogP contribution in [0.5, 0.6) is 0 Å². The Morgan fingerprint density at radius 2 is 2.08 bits per heavy atom. The number of phosphoric acid groups is 1. The summed E-state index contributed by atoms with van der Waals surface area (Å²) in [6.45, 7) is 1.43. The third kappa shape index (κ3) is 6.89. The van der Waals surface area contributed by atoms with E-state index in [2.05, 4.69) is 4.98 Å². The van der Waals surface area contributed by atoms with Gasteiger partial charge in [0.2, 0.25) is 0 Å². The number of ether oxygens (including phenoxy) is 1. The fourth-order valence-corrected chi connectivity index (χ4v) is 3.21. The number of aromatic nitrogens is 2. The van der Waals surface area contributed by atoms with Crippen molar-refractivity contribution in [2.24, 2.45) is 0 Å². The van der Waals surface area contributed by atoms with Crippen LogP contribution in [0.25, 0.3) is 0 Å². The molecule has 1 saturated heterocycles. The van der Waals surface area contributed by atoms with Crippen molar-refractivity contribution < 1.29 is 28.3 Å². The first-order valence-electron chi connectivity index (χ1n) is 8.02. The van der Waals surface area contributed by atoms with Crippen LogP contribution in [0.15, 0.2) is 15.8 Å². The summed E-state index contributed by atoms with van der Waals surface area (Å²) in [6, 6.07) is 0. The Balaban J connectivity index is 0.00000338. The predicted molar refractivity (Wildman–Crippen MR) is 93.0 cm³/mol. The summed E-state index contributed by atoms with van der Waals surface area (Å²) in [5.74, 6) is 0. The second-order valence-corrected chi connectivity index (χ2v) is 7.25. The molecule has 0 aromatic carbocycles. The van der Waals surface area contributed by atoms with Crippen molar-refractivity contribution >= 4 is 30.9 Å². The molecule has 0 amide bonds. The Morgan fingerprint density at radius 3 is 2.77 bits per heavy atom. The Bertz CT molecular complexity index is 736. The number of hydrogen-bond acceptors (Lipinski definition) is 7. The zero-order valence-corrected chi connectivity index (χ0v) is 16.9. The van der Waals surface area contributed by atoms with E-state index in [1.54, 1.807) is 6.92 Å². The third-order valence-corrected chi connectivity index (χ3v) is 4.76. The summed E-state index contributed by atoms with van der Waals surface area (Å²) >= 11 is 0. The maximum Gasteiger partial charge on any atom is 0.472 e. The summed E-state index contributed by atoms with van der Waals surface area (Å²) < 4.78 is 28.4. The molecular formula is C14H23MgN2O8P. The molecule has 0 aliphatic carbocycles. The van der Waals surface area contributed by atoms with Gasteiger partial charge in [-0.05, 0) is 32.6 Å². The number of hydrogen-bond donors (Lipinski definition) is 3. The van der Waals surface area contributed by atoms with Gasteiger partial charge in [0.15, 0.2) is 0 Å². The van der Waals surface area contributed by atoms with Crippen molar-refractivity contribution in [3.05, 3.63) is 32.6 Å². The van der Waals surface area contributed by atoms with E-state index < -0.39 is 31.4 Å². The quantitative estimate of drug-likeness (QED) is 0.299. The van der Waals surface area contributed by atoms with Crippen LogP contribution >= 0.6 is 7.82 Å². The predicted octanol–water partition coefficient (Wildman–Crippen LogP) is 0.0479. The first-order chi connectivity index (χ1) is 11.8. The first kappa shape index (κ1) is 23.5. The van der Waals surface area contributed by atoms with E-state index in [9.17, 15) is 19.0 Å². The highest BCUT2D eigenvalue weighted by molar-refractivity contribution is 7.47. The molecule has 1 fully saturated rings. The number of unbranched alkanes of at least 4 members (excludes halogenated alkanes) is 1. The van der Waals surface area contributed by atoms with Crippen LogP contribution in [0, 0.1) is 6.92 Å². The van der Waals surface area contributed by atoms with Crippen molar-refractivity contribution in [3.63, 3.8) is 0 Å². The van der Waals surface area contributed by atoms with E-state index >= 15 is 0 Å². The molecule has 144 valence electrons. The molecule has 0 saturated carbocycles. The van der Waals surface area contributed by atoms with Crippen molar-refractivity contribution in [2.75, 3.05) is 19.8 Å². The minimum absolute atomic E-state index is 0. The molecule has 1 unspecified atom stereocenters. The number of H-pyrrole nitrogens is 1. The number of aromatic amines is 1. The number of nitrogens with zero attached hydrogens (tertiary/aromatic N) is 1. The molecule has 2 radical (unpaired) electrons. The van der Waals surface area contributed by atoms with Gasteiger partial charge in [-0.15, -0.1) is 0 Å². The van der Waals surface area contributed by atoms with E-state index in [0.29, 0.717) is 31.2 Å². The summed E-state index contributed by atoms with van der Waals surface area (Å²) in [5.41, 5.74) is -0.625. The topological polar surface area (TPSA) is 140 Å². The fraction of sp³-hybridized carbons (Fsp3) is 0.714. The zero-order valence-electron chi connectivity index (χ0n) is 14.6. The third-order valence-electron chi connectivity index (χ3n) is 3.77. The van der Waals surface area contributed by atoms with Gasteiger partial charge in [0.05, 0.1) is 19.3 Å². The molecule has 2 heterocycles. The molecule has 1 aliphatic heterocycles. The monoisotopic (exact) mass is 402 g/mol. The minimum Gasteiger partial charge on any atom is -0.396 e. The molecule has 1 aromatic rings. The van der Waals surface area contributed by atoms with Gasteiger partial charge >= 0.3 is 13.5 Å². The van der Waals surface area contributed by atoms with Gasteiger partial charge in [0.25, 0.3) is 5.56 Å². The van der Waals surface area contributed by atoms with Crippen LogP contribution < -0.4 is 11.2 Å². The minimum atomic E-state index is -4.18. The van der Waals surface area contributed by atoms with Crippen molar-refractivity contribution in [1.29, 1.82) is 0 Å². The van der Waals surface area contributed by atoms with E-state index in [1.165, 1.54) is 10.8 Å². The molecule has 0 spiro atoms. The Morgan fingerprint density at radius 1 is 1.35 bits per heavy atom. The highest BCUT2D eigenvalue weighted by atomic mass is 31.2. The van der Waals surface area contributed by atoms with Gasteiger partial charge in [0, 0.05) is 41.4 Å². The molecule has 3 atom stereocenters. The average Bonchev–Trinajstić information content (AvgIpc) is 3.02. The van der Waals surface area contributed by atoms with Crippen molar-refractivity contribution in [2.45, 2.75) is 44.9 Å². The SMILES string of the molecule is Cc1cn([C@H]2CC[C@H](COP(=O)(O)OCCCCO)O2)c(=O)[nH]c1=O.[Mg]. The lowest BCUT2D eigenvalue weighted by Gasteiger charge is -2.17. The van der Waals surface area contributed by atoms with Gasteiger partial charge < -0.3 is 14.7 Å². The Labute approximate surface area is 166 Å². The molecule has 0 bridgehead atoms. The highest BCUT2D eigenvalue weighted by Crippen LogP contribution is 2.44. The summed E-state index contributed by atoms with van der Waals surface area (Å²) in [6.07, 6.45) is 2.34. The number of aliphatic hydroxyl groups excluding tert-OH is 1. The van der Waals surface area contributed by atoms with Crippen LogP contribution in [-0.2, 0) is 18.3 Å². The second-order valence-electron chi connectivity index (χ2n) is 5.80. The first-order valence-corrected chi connectivity index (χ1v) is 9.52. The molecule has 3 N–H and O–H groups in total. The smallest absolute Gasteiger partial charge is 0.396 e. The van der Waals surface area contributed by atoms with Crippen LogP contribution in [0.2, 0.25) is 0 Å². The lowest BCUT2D eigenvalue weighted by atomic mass is 10.2. The molecule has 1 aliphatic rings. The molecule has 12 heteroatoms. The standard InChI is InChI=1S/C14H23N2O8P.Mg/c1-10-8-16(14(19)15-13(10)18)12-5-4-11(24-12)9-23-25(20,21)22-7-3-2-6-17;/h8,11-12,17H,2-7,9H2,1H3,(H,20,21)(H,15,18,19);/t11-,12-;/m1./s1. The van der Waals surface area contributed by atoms with Crippen molar-refractivity contribution in [1.82, 2.24) is 9.55 Å². The van der Waals surface area contributed by atoms with Gasteiger partial charge in [0.1, 0.15) is 6.23 Å². The largest absolute Gasteiger partial charge is 0.472 e. The normalized spacial score (nSPS) is 22.0. The summed E-state index contributed by atoms with van der Waals surface area (Å²) in [7, 11) is -4.18. The zero-order chi connectivity index (χ0) is 18.4. The number of aliphatic hydroxyl groups is 1. The maximum absolute atomic E-state index is 11.8. The molecule has 10 nitrogen and oxygen atoms in total. The lowest BCUT2D eigenvalue weighted by molar-refractivity contribution is -0.0261. The number of rotatable bonds is 9. The van der Waals surface area contributed by atoms with Crippen LogP contribution in [-0.4, -0.2) is 68.5 Å². The molecule has 26 heavy (non-hydrogen) atoms. The number of phosphoric ester groups is 1. The van der Waals surface area contributed by atoms with Crippen LogP contribution in [0.4, 0.5) is 0 Å². The van der Waals surface area contributed by atoms with Gasteiger partial charge in [-0.25, -0.2) is 9.36 Å². The van der Waals surface area contributed by atoms with Crippen molar-refractivity contribution in [3.8, 4) is 0 Å². The summed E-state index contributed by atoms with van der Waals surface area (Å²) in [4.78, 5) is 35.0. The lowest BCUT2D eigenvalue weighted by Crippen LogP contribution is -2.33. The summed E-state index contributed by atoms with van der Waals surface area (Å²) in [5, 5.41) is 8.63. The Hall–Kier alpha value is -0.524. The fourth-order valence-electron chi connectivity index (χ4n) is 2.42.